The molecule has 0 unspecified atom stereocenters. The van der Waals surface area contributed by atoms with Crippen LogP contribution in [0.3, 0.4) is 0 Å². The minimum absolute atomic E-state index is 0.135. The van der Waals surface area contributed by atoms with E-state index in [-0.39, 0.29) is 5.91 Å². The largest absolute Gasteiger partial charge is 0.496 e. The summed E-state index contributed by atoms with van der Waals surface area (Å²) in [6.07, 6.45) is 0. The van der Waals surface area contributed by atoms with Gasteiger partial charge in [0, 0.05) is 33.3 Å². The summed E-state index contributed by atoms with van der Waals surface area (Å²) in [4.78, 5) is 13.8. The fourth-order valence-electron chi connectivity index (χ4n) is 2.75. The fourth-order valence-corrected chi connectivity index (χ4v) is 3.83. The van der Waals surface area contributed by atoms with Gasteiger partial charge in [0.15, 0.2) is 0 Å². The molecule has 0 fully saturated rings. The topological polar surface area (TPSA) is 38.3 Å². The number of carbonyl (C=O) groups is 1. The van der Waals surface area contributed by atoms with Gasteiger partial charge in [0.05, 0.1) is 7.11 Å². The minimum atomic E-state index is -0.135. The predicted octanol–water partition coefficient (Wildman–Crippen LogP) is 5.88. The van der Waals surface area contributed by atoms with Crippen LogP contribution in [0.1, 0.15) is 27.0 Å². The molecule has 0 saturated heterocycles. The van der Waals surface area contributed by atoms with Gasteiger partial charge in [-0.1, -0.05) is 47.5 Å². The van der Waals surface area contributed by atoms with Crippen LogP contribution >= 0.6 is 23.4 Å². The van der Waals surface area contributed by atoms with E-state index in [9.17, 15) is 4.79 Å². The van der Waals surface area contributed by atoms with Crippen LogP contribution in [0, 0.1) is 6.92 Å². The molecule has 5 heteroatoms. The second-order valence-corrected chi connectivity index (χ2v) is 7.86. The van der Waals surface area contributed by atoms with Crippen molar-refractivity contribution in [3.8, 4) is 5.75 Å². The van der Waals surface area contributed by atoms with Crippen molar-refractivity contribution < 1.29 is 9.53 Å². The first-order valence-corrected chi connectivity index (χ1v) is 10.3. The van der Waals surface area contributed by atoms with Crippen molar-refractivity contribution in [3.63, 3.8) is 0 Å². The highest BCUT2D eigenvalue weighted by molar-refractivity contribution is 7.98. The number of ether oxygens (including phenoxy) is 1. The lowest BCUT2D eigenvalue weighted by molar-refractivity contribution is 0.0951. The summed E-state index contributed by atoms with van der Waals surface area (Å²) in [5.74, 6) is 1.36. The summed E-state index contributed by atoms with van der Waals surface area (Å²) in [6, 6.07) is 21.4. The summed E-state index contributed by atoms with van der Waals surface area (Å²) >= 11 is 7.87. The zero-order chi connectivity index (χ0) is 19.9. The van der Waals surface area contributed by atoms with Crippen molar-refractivity contribution in [1.82, 2.24) is 5.32 Å². The van der Waals surface area contributed by atoms with Gasteiger partial charge in [0.1, 0.15) is 5.75 Å². The molecule has 144 valence electrons. The van der Waals surface area contributed by atoms with Crippen LogP contribution in [0.2, 0.25) is 5.02 Å². The lowest BCUT2D eigenvalue weighted by Gasteiger charge is -2.12. The zero-order valence-electron chi connectivity index (χ0n) is 15.9. The van der Waals surface area contributed by atoms with Crippen LogP contribution < -0.4 is 10.1 Å². The Hall–Kier alpha value is -2.43. The summed E-state index contributed by atoms with van der Waals surface area (Å²) in [5.41, 5.74) is 3.71. The average molecular weight is 412 g/mol. The Balaban J connectivity index is 1.69. The van der Waals surface area contributed by atoms with E-state index in [2.05, 4.69) is 36.5 Å². The van der Waals surface area contributed by atoms with E-state index < -0.39 is 0 Å². The molecule has 3 aromatic carbocycles. The van der Waals surface area contributed by atoms with Crippen LogP contribution in [-0.2, 0) is 12.3 Å². The quantitative estimate of drug-likeness (QED) is 0.493. The van der Waals surface area contributed by atoms with Crippen LogP contribution in [0.25, 0.3) is 0 Å². The molecule has 28 heavy (non-hydrogen) atoms. The van der Waals surface area contributed by atoms with Gasteiger partial charge in [-0.05, 0) is 48.9 Å². The predicted molar refractivity (Wildman–Crippen MR) is 116 cm³/mol. The van der Waals surface area contributed by atoms with Crippen molar-refractivity contribution >= 4 is 29.3 Å². The highest BCUT2D eigenvalue weighted by atomic mass is 35.5. The van der Waals surface area contributed by atoms with E-state index >= 15 is 0 Å². The number of aryl methyl sites for hydroxylation is 1. The van der Waals surface area contributed by atoms with Crippen LogP contribution in [0.5, 0.6) is 5.75 Å². The molecule has 1 N–H and O–H groups in total. The zero-order valence-corrected chi connectivity index (χ0v) is 17.4. The number of thioether (sulfide) groups is 1. The van der Waals surface area contributed by atoms with Gasteiger partial charge in [0.25, 0.3) is 5.91 Å². The fraction of sp³-hybridized carbons (Fsp3) is 0.174. The minimum Gasteiger partial charge on any atom is -0.496 e. The van der Waals surface area contributed by atoms with Crippen molar-refractivity contribution in [3.05, 3.63) is 94.0 Å². The van der Waals surface area contributed by atoms with Gasteiger partial charge in [-0.15, -0.1) is 11.8 Å². The van der Waals surface area contributed by atoms with E-state index in [1.54, 1.807) is 24.9 Å². The third-order valence-corrected chi connectivity index (χ3v) is 5.78. The maximum Gasteiger partial charge on any atom is 0.251 e. The number of hydrogen-bond donors (Lipinski definition) is 1. The molecule has 0 spiro atoms. The molecule has 0 aromatic heterocycles. The van der Waals surface area contributed by atoms with Crippen molar-refractivity contribution in [2.75, 3.05) is 7.11 Å². The number of methoxy groups -OCH3 is 1. The first-order valence-electron chi connectivity index (χ1n) is 8.95. The summed E-state index contributed by atoms with van der Waals surface area (Å²) in [5, 5.41) is 3.58. The Bertz CT molecular complexity index is 957. The van der Waals surface area contributed by atoms with Crippen LogP contribution in [0.15, 0.2) is 71.6 Å². The van der Waals surface area contributed by atoms with Gasteiger partial charge >= 0.3 is 0 Å². The lowest BCUT2D eigenvalue weighted by Crippen LogP contribution is -2.23. The Morgan fingerprint density at radius 1 is 1.04 bits per heavy atom. The van der Waals surface area contributed by atoms with Crippen molar-refractivity contribution in [1.29, 1.82) is 0 Å². The molecule has 0 radical (unpaired) electrons. The maximum atomic E-state index is 12.6. The third kappa shape index (κ3) is 5.31. The molecule has 1 amide bonds. The summed E-state index contributed by atoms with van der Waals surface area (Å²) in [6.45, 7) is 2.46. The normalized spacial score (nSPS) is 10.5. The van der Waals surface area contributed by atoms with Gasteiger partial charge in [-0.3, -0.25) is 4.79 Å². The standard InChI is InChI=1S/C23H22ClNO2S/c1-16-7-10-20(11-8-16)28-15-19-13-17(9-12-22(19)27-2)23(26)25-14-18-5-3-4-6-21(18)24/h3-13H,14-15H2,1-2H3,(H,25,26). The lowest BCUT2D eigenvalue weighted by atomic mass is 10.1. The van der Waals surface area contributed by atoms with Crippen molar-refractivity contribution in [2.24, 2.45) is 0 Å². The highest BCUT2D eigenvalue weighted by Crippen LogP contribution is 2.29. The Kier molecular flexibility index (Phi) is 7.01. The SMILES string of the molecule is COc1ccc(C(=O)NCc2ccccc2Cl)cc1CSc1ccc(C)cc1. The number of amides is 1. The first-order chi connectivity index (χ1) is 13.6. The number of halogens is 1. The van der Waals surface area contributed by atoms with Gasteiger partial charge in [-0.2, -0.15) is 0 Å². The number of rotatable bonds is 7. The average Bonchev–Trinajstić information content (AvgIpc) is 2.72. The number of hydrogen-bond acceptors (Lipinski definition) is 3. The second-order valence-electron chi connectivity index (χ2n) is 6.40. The summed E-state index contributed by atoms with van der Waals surface area (Å²) < 4.78 is 5.47. The smallest absolute Gasteiger partial charge is 0.251 e. The van der Waals surface area contributed by atoms with Gasteiger partial charge in [0.2, 0.25) is 0 Å². The number of carbonyl (C=O) groups excluding carboxylic acids is 1. The molecular formula is C23H22ClNO2S. The van der Waals surface area contributed by atoms with Gasteiger partial charge in [-0.25, -0.2) is 0 Å². The summed E-state index contributed by atoms with van der Waals surface area (Å²) in [7, 11) is 1.65. The molecule has 0 aliphatic carbocycles. The van der Waals surface area contributed by atoms with Gasteiger partial charge < -0.3 is 10.1 Å². The number of benzene rings is 3. The number of nitrogens with one attached hydrogen (secondary N) is 1. The molecule has 0 saturated carbocycles. The maximum absolute atomic E-state index is 12.6. The Labute approximate surface area is 175 Å². The van der Waals surface area contributed by atoms with Crippen molar-refractivity contribution in [2.45, 2.75) is 24.1 Å². The van der Waals surface area contributed by atoms with E-state index in [0.717, 1.165) is 22.6 Å². The monoisotopic (exact) mass is 411 g/mol. The first kappa shape index (κ1) is 20.3. The Morgan fingerprint density at radius 3 is 2.50 bits per heavy atom. The molecule has 3 aromatic rings. The van der Waals surface area contributed by atoms with E-state index in [1.807, 2.05) is 36.4 Å². The van der Waals surface area contributed by atoms with E-state index in [4.69, 9.17) is 16.3 Å². The molecule has 3 nitrogen and oxygen atoms in total. The molecule has 0 bridgehead atoms. The Morgan fingerprint density at radius 2 is 1.79 bits per heavy atom. The molecule has 0 heterocycles. The molecule has 3 rings (SSSR count). The highest BCUT2D eigenvalue weighted by Gasteiger charge is 2.11. The molecular weight excluding hydrogens is 390 g/mol. The van der Waals surface area contributed by atoms with E-state index in [1.165, 1.54) is 10.5 Å². The molecule has 0 aliphatic heterocycles. The third-order valence-electron chi connectivity index (χ3n) is 4.36. The van der Waals surface area contributed by atoms with Crippen LogP contribution in [-0.4, -0.2) is 13.0 Å². The van der Waals surface area contributed by atoms with Crippen LogP contribution in [0.4, 0.5) is 0 Å². The molecule has 0 aliphatic rings. The molecule has 0 atom stereocenters. The van der Waals surface area contributed by atoms with E-state index in [0.29, 0.717) is 17.1 Å². The second kappa shape index (κ2) is 9.67.